The number of piperidine rings is 1. The maximum atomic E-state index is 10.9. The first-order valence-electron chi connectivity index (χ1n) is 8.52. The van der Waals surface area contributed by atoms with Gasteiger partial charge < -0.3 is 19.5 Å². The number of benzene rings is 2. The van der Waals surface area contributed by atoms with Crippen LogP contribution in [0.5, 0.6) is 5.75 Å². The molecule has 3 rings (SSSR count). The van der Waals surface area contributed by atoms with Crippen LogP contribution in [0.15, 0.2) is 54.6 Å². The highest BCUT2D eigenvalue weighted by molar-refractivity contribution is 5.86. The van der Waals surface area contributed by atoms with Gasteiger partial charge in [0.15, 0.2) is 0 Å². The molecule has 0 aromatic heterocycles. The van der Waals surface area contributed by atoms with Gasteiger partial charge in [0.25, 0.3) is 0 Å². The molecule has 0 bridgehead atoms. The number of carbonyl (C=O) groups is 1. The number of quaternary nitrogens is 1. The minimum atomic E-state index is -1.17. The molecule has 0 atom stereocenters. The highest BCUT2D eigenvalue weighted by Gasteiger charge is 2.22. The Labute approximate surface area is 142 Å². The molecule has 126 valence electrons. The van der Waals surface area contributed by atoms with Crippen LogP contribution >= 0.6 is 0 Å². The van der Waals surface area contributed by atoms with Crippen molar-refractivity contribution < 1.29 is 19.5 Å². The van der Waals surface area contributed by atoms with E-state index >= 15 is 0 Å². The Hall–Kier alpha value is -2.33. The van der Waals surface area contributed by atoms with E-state index in [0.717, 1.165) is 25.4 Å². The first kappa shape index (κ1) is 16.5. The van der Waals surface area contributed by atoms with Gasteiger partial charge in [-0.2, -0.15) is 0 Å². The summed E-state index contributed by atoms with van der Waals surface area (Å²) in [5, 5.41) is 10.9. The highest BCUT2D eigenvalue weighted by atomic mass is 16.5. The lowest BCUT2D eigenvalue weighted by Crippen LogP contribution is -3.13. The van der Waals surface area contributed by atoms with Crippen molar-refractivity contribution in [1.82, 2.24) is 0 Å². The molecule has 1 fully saturated rings. The average Bonchev–Trinajstić information content (AvgIpc) is 2.62. The van der Waals surface area contributed by atoms with Crippen LogP contribution in [0.3, 0.4) is 0 Å². The lowest BCUT2D eigenvalue weighted by atomic mass is 9.90. The predicted molar refractivity (Wildman–Crippen MR) is 89.8 cm³/mol. The molecule has 2 aromatic rings. The quantitative estimate of drug-likeness (QED) is 0.859. The van der Waals surface area contributed by atoms with Crippen molar-refractivity contribution >= 4 is 5.97 Å². The Kier molecular flexibility index (Phi) is 5.49. The van der Waals surface area contributed by atoms with E-state index in [1.807, 2.05) is 0 Å². The second kappa shape index (κ2) is 7.97. The van der Waals surface area contributed by atoms with Gasteiger partial charge in [-0.25, -0.2) is 0 Å². The number of ether oxygens (including phenoxy) is 1. The van der Waals surface area contributed by atoms with Crippen LogP contribution in [0.1, 0.15) is 28.8 Å². The number of rotatable bonds is 6. The fourth-order valence-electron chi connectivity index (χ4n) is 3.28. The summed E-state index contributed by atoms with van der Waals surface area (Å²) in [6.07, 6.45) is 3.56. The zero-order valence-corrected chi connectivity index (χ0v) is 13.7. The van der Waals surface area contributed by atoms with Crippen LogP contribution in [-0.4, -0.2) is 25.8 Å². The first-order valence-corrected chi connectivity index (χ1v) is 8.52. The molecule has 0 unspecified atom stereocenters. The van der Waals surface area contributed by atoms with Crippen molar-refractivity contribution in [1.29, 1.82) is 0 Å². The Morgan fingerprint density at radius 1 is 1.08 bits per heavy atom. The fraction of sp³-hybridized carbons (Fsp3) is 0.350. The molecule has 1 N–H and O–H groups in total. The molecule has 0 amide bonds. The number of carboxylic acid groups (broad SMARTS) is 1. The molecule has 24 heavy (non-hydrogen) atoms. The molecule has 4 heteroatoms. The van der Waals surface area contributed by atoms with Crippen LogP contribution in [0.4, 0.5) is 0 Å². The van der Waals surface area contributed by atoms with Crippen LogP contribution < -0.4 is 14.7 Å². The standard InChI is InChI=1S/C20H23NO3/c22-20(23)18-7-4-8-19(14-18)24-15-21-11-9-17(10-12-21)13-16-5-2-1-3-6-16/h1-8,14,17H,9-13,15H2,(H,22,23). The first-order chi connectivity index (χ1) is 11.7. The summed E-state index contributed by atoms with van der Waals surface area (Å²) in [7, 11) is 0. The third-order valence-corrected chi connectivity index (χ3v) is 4.69. The lowest BCUT2D eigenvalue weighted by Gasteiger charge is -2.29. The second-order valence-electron chi connectivity index (χ2n) is 6.49. The van der Waals surface area contributed by atoms with Crippen molar-refractivity contribution in [3.8, 4) is 5.75 Å². The van der Waals surface area contributed by atoms with Crippen molar-refractivity contribution in [2.45, 2.75) is 19.3 Å². The zero-order chi connectivity index (χ0) is 16.8. The second-order valence-corrected chi connectivity index (χ2v) is 6.49. The van der Waals surface area contributed by atoms with Gasteiger partial charge in [-0.1, -0.05) is 42.5 Å². The SMILES string of the molecule is O=C([O-])c1cccc(OC[NH+]2CCC(Cc3ccccc3)CC2)c1. The molecule has 1 saturated heterocycles. The molecule has 4 nitrogen and oxygen atoms in total. The molecule has 1 aliphatic rings. The van der Waals surface area contributed by atoms with Gasteiger partial charge in [-0.15, -0.1) is 0 Å². The number of hydrogen-bond acceptors (Lipinski definition) is 3. The van der Waals surface area contributed by atoms with Crippen molar-refractivity contribution in [2.75, 3.05) is 19.8 Å². The van der Waals surface area contributed by atoms with E-state index in [1.165, 1.54) is 35.4 Å². The van der Waals surface area contributed by atoms with E-state index in [1.54, 1.807) is 12.1 Å². The molecule has 2 aromatic carbocycles. The van der Waals surface area contributed by atoms with E-state index in [2.05, 4.69) is 30.3 Å². The Morgan fingerprint density at radius 2 is 1.83 bits per heavy atom. The molecule has 1 aliphatic heterocycles. The summed E-state index contributed by atoms with van der Waals surface area (Å²) in [5.74, 6) is 0.169. The van der Waals surface area contributed by atoms with E-state index in [4.69, 9.17) is 4.74 Å². The number of nitrogens with one attached hydrogen (secondary N) is 1. The maximum absolute atomic E-state index is 10.9. The molecule has 0 saturated carbocycles. The smallest absolute Gasteiger partial charge is 0.222 e. The Morgan fingerprint density at radius 3 is 2.54 bits per heavy atom. The van der Waals surface area contributed by atoms with E-state index < -0.39 is 5.97 Å². The molecule has 0 spiro atoms. The number of likely N-dealkylation sites (tertiary alicyclic amines) is 1. The Bertz CT molecular complexity index is 664. The monoisotopic (exact) mass is 325 g/mol. The van der Waals surface area contributed by atoms with Gasteiger partial charge in [0.05, 0.1) is 19.1 Å². The zero-order valence-electron chi connectivity index (χ0n) is 13.7. The van der Waals surface area contributed by atoms with Gasteiger partial charge in [0, 0.05) is 5.56 Å². The van der Waals surface area contributed by atoms with Crippen molar-refractivity contribution in [2.24, 2.45) is 5.92 Å². The van der Waals surface area contributed by atoms with Crippen LogP contribution in [0, 0.1) is 5.92 Å². The average molecular weight is 325 g/mol. The molecule has 0 aliphatic carbocycles. The lowest BCUT2D eigenvalue weighted by molar-refractivity contribution is -0.921. The Balaban J connectivity index is 1.44. The number of carbonyl (C=O) groups excluding carboxylic acids is 1. The van der Waals surface area contributed by atoms with Gasteiger partial charge in [0.1, 0.15) is 5.75 Å². The van der Waals surface area contributed by atoms with Crippen molar-refractivity contribution in [3.63, 3.8) is 0 Å². The summed E-state index contributed by atoms with van der Waals surface area (Å²) in [5.41, 5.74) is 1.57. The minimum Gasteiger partial charge on any atom is -0.545 e. The number of hydrogen-bond donors (Lipinski definition) is 1. The van der Waals surface area contributed by atoms with E-state index in [9.17, 15) is 9.90 Å². The summed E-state index contributed by atoms with van der Waals surface area (Å²) >= 11 is 0. The van der Waals surface area contributed by atoms with Crippen LogP contribution in [0.2, 0.25) is 0 Å². The third kappa shape index (κ3) is 4.59. The topological polar surface area (TPSA) is 53.8 Å². The molecule has 0 radical (unpaired) electrons. The van der Waals surface area contributed by atoms with Crippen LogP contribution in [0.25, 0.3) is 0 Å². The number of carboxylic acids is 1. The van der Waals surface area contributed by atoms with Gasteiger partial charge in [-0.3, -0.25) is 0 Å². The molecular weight excluding hydrogens is 302 g/mol. The molecule has 1 heterocycles. The van der Waals surface area contributed by atoms with Gasteiger partial charge >= 0.3 is 0 Å². The summed E-state index contributed by atoms with van der Waals surface area (Å²) in [4.78, 5) is 12.3. The van der Waals surface area contributed by atoms with Gasteiger partial charge in [0.2, 0.25) is 6.73 Å². The van der Waals surface area contributed by atoms with E-state index in [0.29, 0.717) is 12.5 Å². The largest absolute Gasteiger partial charge is 0.545 e. The maximum Gasteiger partial charge on any atom is 0.222 e. The summed E-state index contributed by atoms with van der Waals surface area (Å²) in [6.45, 7) is 2.77. The summed E-state index contributed by atoms with van der Waals surface area (Å²) in [6, 6.07) is 17.2. The third-order valence-electron chi connectivity index (χ3n) is 4.69. The normalized spacial score (nSPS) is 20.5. The number of aromatic carboxylic acids is 1. The van der Waals surface area contributed by atoms with Crippen molar-refractivity contribution in [3.05, 3.63) is 65.7 Å². The van der Waals surface area contributed by atoms with Crippen LogP contribution in [-0.2, 0) is 6.42 Å². The predicted octanol–water partition coefficient (Wildman–Crippen LogP) is 0.924. The summed E-state index contributed by atoms with van der Waals surface area (Å²) < 4.78 is 5.76. The van der Waals surface area contributed by atoms with Gasteiger partial charge in [-0.05, 0) is 42.9 Å². The molecular formula is C20H23NO3. The minimum absolute atomic E-state index is 0.157. The highest BCUT2D eigenvalue weighted by Crippen LogP contribution is 2.17. The fourth-order valence-corrected chi connectivity index (χ4v) is 3.28. The van der Waals surface area contributed by atoms with E-state index in [-0.39, 0.29) is 5.56 Å².